The summed E-state index contributed by atoms with van der Waals surface area (Å²) in [6, 6.07) is 8.59. The zero-order valence-electron chi connectivity index (χ0n) is 12.4. The van der Waals surface area contributed by atoms with Crippen LogP contribution in [0.25, 0.3) is 0 Å². The number of Topliss-reactive ketones (excluding diaryl/α,β-unsaturated/α-hetero) is 1. The molecule has 2 fully saturated rings. The molecule has 0 aliphatic carbocycles. The van der Waals surface area contributed by atoms with Crippen LogP contribution < -0.4 is 0 Å². The summed E-state index contributed by atoms with van der Waals surface area (Å²) in [5.41, 5.74) is 0.844. The molecule has 1 aromatic carbocycles. The predicted molar refractivity (Wildman–Crippen MR) is 93.8 cm³/mol. The summed E-state index contributed by atoms with van der Waals surface area (Å²) < 4.78 is 1.18. The normalized spacial score (nSPS) is 24.3. The van der Waals surface area contributed by atoms with E-state index < -0.39 is 0 Å². The van der Waals surface area contributed by atoms with Crippen LogP contribution in [0.2, 0.25) is 0 Å². The van der Waals surface area contributed by atoms with E-state index >= 15 is 0 Å². The Morgan fingerprint density at radius 1 is 1.10 bits per heavy atom. The summed E-state index contributed by atoms with van der Waals surface area (Å²) in [6.07, 6.45) is 5.30. The molecule has 2 saturated heterocycles. The Bertz CT molecular complexity index is 482. The van der Waals surface area contributed by atoms with Gasteiger partial charge in [-0.15, -0.1) is 0 Å². The van der Waals surface area contributed by atoms with Gasteiger partial charge in [-0.3, -0.25) is 14.6 Å². The van der Waals surface area contributed by atoms with E-state index in [0.717, 1.165) is 18.7 Å². The lowest BCUT2D eigenvalue weighted by molar-refractivity contribution is 0.0936. The van der Waals surface area contributed by atoms with Gasteiger partial charge in [0.15, 0.2) is 5.78 Å². The van der Waals surface area contributed by atoms with Gasteiger partial charge in [-0.1, -0.05) is 18.6 Å². The van der Waals surface area contributed by atoms with Gasteiger partial charge in [-0.05, 0) is 67.1 Å². The van der Waals surface area contributed by atoms with Gasteiger partial charge in [-0.2, -0.15) is 0 Å². The number of likely N-dealkylation sites (tertiary alicyclic amines) is 2. The SMILES string of the molecule is O=C(CN1CCC(N2CCCCC2)C1)c1ccc(I)cc1. The molecule has 3 rings (SSSR count). The second-order valence-corrected chi connectivity index (χ2v) is 7.45. The second kappa shape index (κ2) is 7.20. The molecule has 1 aromatic rings. The van der Waals surface area contributed by atoms with Crippen molar-refractivity contribution >= 4 is 28.4 Å². The monoisotopic (exact) mass is 398 g/mol. The summed E-state index contributed by atoms with van der Waals surface area (Å²) in [6.45, 7) is 5.21. The van der Waals surface area contributed by atoms with E-state index in [0.29, 0.717) is 12.6 Å². The fourth-order valence-corrected chi connectivity index (χ4v) is 3.83. The van der Waals surface area contributed by atoms with Crippen LogP contribution in [-0.4, -0.2) is 54.3 Å². The van der Waals surface area contributed by atoms with E-state index in [-0.39, 0.29) is 5.78 Å². The minimum atomic E-state index is 0.255. The summed E-state index contributed by atoms with van der Waals surface area (Å²) in [7, 11) is 0. The maximum atomic E-state index is 12.3. The molecule has 4 heteroatoms. The molecule has 0 aromatic heterocycles. The van der Waals surface area contributed by atoms with Crippen LogP contribution >= 0.6 is 22.6 Å². The molecule has 2 aliphatic heterocycles. The van der Waals surface area contributed by atoms with Gasteiger partial charge in [0.1, 0.15) is 0 Å². The third-order valence-electron chi connectivity index (χ3n) is 4.69. The molecule has 1 atom stereocenters. The quantitative estimate of drug-likeness (QED) is 0.576. The van der Waals surface area contributed by atoms with E-state index in [1.54, 1.807) is 0 Å². The van der Waals surface area contributed by atoms with Gasteiger partial charge in [-0.25, -0.2) is 0 Å². The Morgan fingerprint density at radius 3 is 2.52 bits per heavy atom. The number of ketones is 1. The molecule has 2 aliphatic rings. The lowest BCUT2D eigenvalue weighted by Gasteiger charge is -2.32. The summed E-state index contributed by atoms with van der Waals surface area (Å²) in [5, 5.41) is 0. The van der Waals surface area contributed by atoms with Crippen LogP contribution in [0.3, 0.4) is 0 Å². The third-order valence-corrected chi connectivity index (χ3v) is 5.41. The first-order chi connectivity index (χ1) is 10.2. The van der Waals surface area contributed by atoms with Crippen LogP contribution in [0.5, 0.6) is 0 Å². The van der Waals surface area contributed by atoms with E-state index in [9.17, 15) is 4.79 Å². The second-order valence-electron chi connectivity index (χ2n) is 6.20. The number of nitrogens with zero attached hydrogens (tertiary/aromatic N) is 2. The third kappa shape index (κ3) is 4.05. The van der Waals surface area contributed by atoms with Crippen LogP contribution in [0, 0.1) is 3.57 Å². The van der Waals surface area contributed by atoms with Crippen LogP contribution in [0.15, 0.2) is 24.3 Å². The molecule has 3 nitrogen and oxygen atoms in total. The Balaban J connectivity index is 1.52. The molecule has 0 bridgehead atoms. The topological polar surface area (TPSA) is 23.6 Å². The molecule has 1 unspecified atom stereocenters. The summed E-state index contributed by atoms with van der Waals surface area (Å²) >= 11 is 2.27. The van der Waals surface area contributed by atoms with Crippen molar-refractivity contribution in [2.45, 2.75) is 31.7 Å². The first kappa shape index (κ1) is 15.4. The highest BCUT2D eigenvalue weighted by molar-refractivity contribution is 14.1. The van der Waals surface area contributed by atoms with Crippen molar-refractivity contribution in [2.24, 2.45) is 0 Å². The first-order valence-corrected chi connectivity index (χ1v) is 9.05. The van der Waals surface area contributed by atoms with Crippen molar-refractivity contribution in [2.75, 3.05) is 32.7 Å². The number of carbonyl (C=O) groups excluding carboxylic acids is 1. The summed E-state index contributed by atoms with van der Waals surface area (Å²) in [4.78, 5) is 17.3. The zero-order valence-corrected chi connectivity index (χ0v) is 14.6. The highest BCUT2D eigenvalue weighted by Gasteiger charge is 2.29. The number of piperidine rings is 1. The molecule has 0 spiro atoms. The van der Waals surface area contributed by atoms with Crippen molar-refractivity contribution in [3.63, 3.8) is 0 Å². The number of hydrogen-bond acceptors (Lipinski definition) is 3. The fraction of sp³-hybridized carbons (Fsp3) is 0.588. The molecule has 2 heterocycles. The molecule has 0 saturated carbocycles. The minimum Gasteiger partial charge on any atom is -0.299 e. The van der Waals surface area contributed by atoms with E-state index in [4.69, 9.17) is 0 Å². The van der Waals surface area contributed by atoms with E-state index in [2.05, 4.69) is 32.4 Å². The van der Waals surface area contributed by atoms with Crippen molar-refractivity contribution < 1.29 is 4.79 Å². The Kier molecular flexibility index (Phi) is 5.29. The number of carbonyl (C=O) groups is 1. The molecule has 21 heavy (non-hydrogen) atoms. The van der Waals surface area contributed by atoms with Gasteiger partial charge in [0.25, 0.3) is 0 Å². The average Bonchev–Trinajstić information content (AvgIpc) is 2.97. The minimum absolute atomic E-state index is 0.255. The van der Waals surface area contributed by atoms with Crippen molar-refractivity contribution in [3.8, 4) is 0 Å². The maximum Gasteiger partial charge on any atom is 0.176 e. The molecule has 0 radical (unpaired) electrons. The van der Waals surface area contributed by atoms with Gasteiger partial charge in [0, 0.05) is 28.3 Å². The zero-order chi connectivity index (χ0) is 14.7. The molecule has 114 valence electrons. The molecule has 0 amide bonds. The standard InChI is InChI=1S/C17H23IN2O/c18-15-6-4-14(5-7-15)17(21)13-19-11-8-16(12-19)20-9-2-1-3-10-20/h4-7,16H,1-3,8-13H2. The van der Waals surface area contributed by atoms with E-state index in [1.165, 1.54) is 42.3 Å². The van der Waals surface area contributed by atoms with Gasteiger partial charge in [0.2, 0.25) is 0 Å². The molecular formula is C17H23IN2O. The number of benzene rings is 1. The van der Waals surface area contributed by atoms with Crippen molar-refractivity contribution in [1.29, 1.82) is 0 Å². The highest BCUT2D eigenvalue weighted by atomic mass is 127. The first-order valence-electron chi connectivity index (χ1n) is 7.97. The fourth-order valence-electron chi connectivity index (χ4n) is 3.47. The lowest BCUT2D eigenvalue weighted by Crippen LogP contribution is -2.41. The number of halogens is 1. The maximum absolute atomic E-state index is 12.3. The van der Waals surface area contributed by atoms with E-state index in [1.807, 2.05) is 24.3 Å². The molecular weight excluding hydrogens is 375 g/mol. The highest BCUT2D eigenvalue weighted by Crippen LogP contribution is 2.20. The summed E-state index contributed by atoms with van der Waals surface area (Å²) in [5.74, 6) is 0.255. The molecule has 0 N–H and O–H groups in total. The Hall–Kier alpha value is -0.460. The van der Waals surface area contributed by atoms with Crippen molar-refractivity contribution in [3.05, 3.63) is 33.4 Å². The predicted octanol–water partition coefficient (Wildman–Crippen LogP) is 3.03. The number of hydrogen-bond donors (Lipinski definition) is 0. The van der Waals surface area contributed by atoms with Crippen LogP contribution in [0.1, 0.15) is 36.0 Å². The van der Waals surface area contributed by atoms with Crippen molar-refractivity contribution in [1.82, 2.24) is 9.80 Å². The lowest BCUT2D eigenvalue weighted by atomic mass is 10.1. The van der Waals surface area contributed by atoms with Gasteiger partial charge < -0.3 is 0 Å². The Morgan fingerprint density at radius 2 is 1.81 bits per heavy atom. The largest absolute Gasteiger partial charge is 0.299 e. The van der Waals surface area contributed by atoms with Crippen LogP contribution in [-0.2, 0) is 0 Å². The average molecular weight is 398 g/mol. The number of rotatable bonds is 4. The Labute approximate surface area is 140 Å². The van der Waals surface area contributed by atoms with Crippen LogP contribution in [0.4, 0.5) is 0 Å². The van der Waals surface area contributed by atoms with Gasteiger partial charge in [0.05, 0.1) is 6.54 Å². The smallest absolute Gasteiger partial charge is 0.176 e. The van der Waals surface area contributed by atoms with Gasteiger partial charge >= 0.3 is 0 Å².